The zero-order valence-electron chi connectivity index (χ0n) is 9.35. The van der Waals surface area contributed by atoms with E-state index >= 15 is 0 Å². The summed E-state index contributed by atoms with van der Waals surface area (Å²) in [6.07, 6.45) is 1.09. The van der Waals surface area contributed by atoms with Crippen LogP contribution in [0, 0.1) is 17.8 Å². The van der Waals surface area contributed by atoms with Crippen molar-refractivity contribution in [1.82, 2.24) is 0 Å². The molecule has 1 nitrogen and oxygen atoms in total. The molecule has 2 heteroatoms. The van der Waals surface area contributed by atoms with Crippen molar-refractivity contribution in [3.05, 3.63) is 0 Å². The lowest BCUT2D eigenvalue weighted by Crippen LogP contribution is -2.14. The number of rotatable bonds is 7. The molecule has 0 aromatic heterocycles. The van der Waals surface area contributed by atoms with E-state index < -0.39 is 0 Å². The lowest BCUT2D eigenvalue weighted by Gasteiger charge is -2.17. The van der Waals surface area contributed by atoms with Gasteiger partial charge in [0, 0.05) is 19.1 Å². The van der Waals surface area contributed by atoms with E-state index in [4.69, 9.17) is 16.3 Å². The minimum atomic E-state index is 0.605. The molecule has 80 valence electrons. The highest BCUT2D eigenvalue weighted by Gasteiger charge is 2.11. The predicted octanol–water partition coefficient (Wildman–Crippen LogP) is 3.56. The molecular weight excluding hydrogens is 184 g/mol. The number of halogens is 1. The molecule has 0 radical (unpaired) electrons. The fourth-order valence-electron chi connectivity index (χ4n) is 1.14. The Labute approximate surface area is 87.8 Å². The molecule has 0 saturated heterocycles. The highest BCUT2D eigenvalue weighted by atomic mass is 35.5. The van der Waals surface area contributed by atoms with Crippen molar-refractivity contribution in [1.29, 1.82) is 0 Å². The van der Waals surface area contributed by atoms with Gasteiger partial charge in [-0.2, -0.15) is 0 Å². The topological polar surface area (TPSA) is 9.23 Å². The van der Waals surface area contributed by atoms with Crippen LogP contribution in [0.2, 0.25) is 0 Å². The van der Waals surface area contributed by atoms with Crippen molar-refractivity contribution in [3.8, 4) is 0 Å². The third-order valence-corrected chi connectivity index (χ3v) is 2.62. The summed E-state index contributed by atoms with van der Waals surface area (Å²) in [6, 6.07) is 0. The van der Waals surface area contributed by atoms with E-state index in [-0.39, 0.29) is 0 Å². The van der Waals surface area contributed by atoms with Gasteiger partial charge in [-0.05, 0) is 24.2 Å². The first-order valence-electron chi connectivity index (χ1n) is 5.21. The van der Waals surface area contributed by atoms with Gasteiger partial charge in [0.15, 0.2) is 0 Å². The molecule has 0 aromatic carbocycles. The fourth-order valence-corrected chi connectivity index (χ4v) is 1.65. The molecular formula is C11H23ClO. The second-order valence-electron chi connectivity index (χ2n) is 4.42. The van der Waals surface area contributed by atoms with Gasteiger partial charge in [0.25, 0.3) is 0 Å². The van der Waals surface area contributed by atoms with Crippen molar-refractivity contribution in [3.63, 3.8) is 0 Å². The Bertz CT molecular complexity index is 113. The SMILES string of the molecule is CC(C)COCCC(CCl)C(C)C. The first-order chi connectivity index (χ1) is 6.07. The number of hydrogen-bond acceptors (Lipinski definition) is 1. The molecule has 0 bridgehead atoms. The van der Waals surface area contributed by atoms with Crippen LogP contribution in [0.15, 0.2) is 0 Å². The van der Waals surface area contributed by atoms with Crippen molar-refractivity contribution >= 4 is 11.6 Å². The molecule has 0 aliphatic carbocycles. The van der Waals surface area contributed by atoms with Crippen molar-refractivity contribution < 1.29 is 4.74 Å². The number of hydrogen-bond donors (Lipinski definition) is 0. The third kappa shape index (κ3) is 7.33. The van der Waals surface area contributed by atoms with Gasteiger partial charge in [-0.25, -0.2) is 0 Å². The minimum absolute atomic E-state index is 0.605. The van der Waals surface area contributed by atoms with Crippen molar-refractivity contribution in [2.45, 2.75) is 34.1 Å². The average Bonchev–Trinajstić information content (AvgIpc) is 2.03. The molecule has 0 N–H and O–H groups in total. The second kappa shape index (κ2) is 7.64. The van der Waals surface area contributed by atoms with Crippen LogP contribution in [-0.4, -0.2) is 19.1 Å². The zero-order chi connectivity index (χ0) is 10.3. The van der Waals surface area contributed by atoms with E-state index in [1.165, 1.54) is 0 Å². The molecule has 0 spiro atoms. The summed E-state index contributed by atoms with van der Waals surface area (Å²) in [7, 11) is 0. The van der Waals surface area contributed by atoms with Crippen LogP contribution < -0.4 is 0 Å². The highest BCUT2D eigenvalue weighted by Crippen LogP contribution is 2.16. The van der Waals surface area contributed by atoms with Crippen LogP contribution in [0.1, 0.15) is 34.1 Å². The summed E-state index contributed by atoms with van der Waals surface area (Å²) < 4.78 is 5.52. The smallest absolute Gasteiger partial charge is 0.0488 e. The van der Waals surface area contributed by atoms with Gasteiger partial charge >= 0.3 is 0 Å². The lowest BCUT2D eigenvalue weighted by molar-refractivity contribution is 0.0951. The van der Waals surface area contributed by atoms with Gasteiger partial charge in [-0.3, -0.25) is 0 Å². The van der Waals surface area contributed by atoms with Gasteiger partial charge in [-0.1, -0.05) is 27.7 Å². The van der Waals surface area contributed by atoms with Crippen LogP contribution in [-0.2, 0) is 4.74 Å². The average molecular weight is 207 g/mol. The van der Waals surface area contributed by atoms with E-state index in [2.05, 4.69) is 27.7 Å². The first-order valence-corrected chi connectivity index (χ1v) is 5.75. The molecule has 13 heavy (non-hydrogen) atoms. The summed E-state index contributed by atoms with van der Waals surface area (Å²) in [5.41, 5.74) is 0. The summed E-state index contributed by atoms with van der Waals surface area (Å²) >= 11 is 5.85. The molecule has 0 aromatic rings. The third-order valence-electron chi connectivity index (χ3n) is 2.23. The van der Waals surface area contributed by atoms with E-state index in [1.807, 2.05) is 0 Å². The highest BCUT2D eigenvalue weighted by molar-refractivity contribution is 6.18. The molecule has 0 aliphatic rings. The molecule has 0 aliphatic heterocycles. The molecule has 1 atom stereocenters. The Kier molecular flexibility index (Phi) is 7.78. The van der Waals surface area contributed by atoms with E-state index in [9.17, 15) is 0 Å². The number of alkyl halides is 1. The summed E-state index contributed by atoms with van der Waals surface area (Å²) in [5.74, 6) is 2.66. The molecule has 0 heterocycles. The standard InChI is InChI=1S/C11H23ClO/c1-9(2)8-13-6-5-11(7-12)10(3)4/h9-11H,5-8H2,1-4H3. The first kappa shape index (κ1) is 13.2. The molecule has 0 rings (SSSR count). The molecule has 0 saturated carbocycles. The number of ether oxygens (including phenoxy) is 1. The van der Waals surface area contributed by atoms with Crippen LogP contribution in [0.25, 0.3) is 0 Å². The van der Waals surface area contributed by atoms with Crippen LogP contribution in [0.3, 0.4) is 0 Å². The molecule has 0 fully saturated rings. The molecule has 0 amide bonds. The summed E-state index contributed by atoms with van der Waals surface area (Å²) in [5, 5.41) is 0. The van der Waals surface area contributed by atoms with Crippen molar-refractivity contribution in [2.75, 3.05) is 19.1 Å². The minimum Gasteiger partial charge on any atom is -0.381 e. The maximum Gasteiger partial charge on any atom is 0.0488 e. The van der Waals surface area contributed by atoms with Gasteiger partial charge in [0.2, 0.25) is 0 Å². The summed E-state index contributed by atoms with van der Waals surface area (Å²) in [4.78, 5) is 0. The van der Waals surface area contributed by atoms with E-state index in [0.29, 0.717) is 17.8 Å². The fraction of sp³-hybridized carbons (Fsp3) is 1.00. The molecule has 1 unspecified atom stereocenters. The lowest BCUT2D eigenvalue weighted by atomic mass is 9.95. The van der Waals surface area contributed by atoms with Crippen molar-refractivity contribution in [2.24, 2.45) is 17.8 Å². The van der Waals surface area contributed by atoms with Crippen LogP contribution in [0.4, 0.5) is 0 Å². The van der Waals surface area contributed by atoms with Crippen LogP contribution >= 0.6 is 11.6 Å². The quantitative estimate of drug-likeness (QED) is 0.457. The Hall–Kier alpha value is 0.250. The Morgan fingerprint density at radius 3 is 2.15 bits per heavy atom. The zero-order valence-corrected chi connectivity index (χ0v) is 10.1. The van der Waals surface area contributed by atoms with Gasteiger partial charge in [0.1, 0.15) is 0 Å². The second-order valence-corrected chi connectivity index (χ2v) is 4.72. The monoisotopic (exact) mass is 206 g/mol. The largest absolute Gasteiger partial charge is 0.381 e. The van der Waals surface area contributed by atoms with Gasteiger partial charge in [-0.15, -0.1) is 11.6 Å². The predicted molar refractivity (Wildman–Crippen MR) is 59.3 cm³/mol. The Balaban J connectivity index is 3.39. The maximum absolute atomic E-state index is 5.85. The Morgan fingerprint density at radius 2 is 1.77 bits per heavy atom. The van der Waals surface area contributed by atoms with Crippen LogP contribution in [0.5, 0.6) is 0 Å². The van der Waals surface area contributed by atoms with E-state index in [1.54, 1.807) is 0 Å². The van der Waals surface area contributed by atoms with Gasteiger partial charge in [0.05, 0.1) is 0 Å². The summed E-state index contributed by atoms with van der Waals surface area (Å²) in [6.45, 7) is 10.5. The van der Waals surface area contributed by atoms with E-state index in [0.717, 1.165) is 25.5 Å². The Morgan fingerprint density at radius 1 is 1.15 bits per heavy atom. The van der Waals surface area contributed by atoms with Gasteiger partial charge < -0.3 is 4.74 Å². The maximum atomic E-state index is 5.85. The normalized spacial score (nSPS) is 14.1.